The van der Waals surface area contributed by atoms with Gasteiger partial charge in [-0.3, -0.25) is 0 Å². The fourth-order valence-corrected chi connectivity index (χ4v) is 3.87. The number of carbonyl (C=O) groups is 1. The number of piperidine rings is 1. The number of fused-ring (bicyclic) bond motifs is 1. The van der Waals surface area contributed by atoms with Gasteiger partial charge in [0.05, 0.1) is 29.9 Å². The third-order valence-electron chi connectivity index (χ3n) is 5.39. The molecule has 2 heterocycles. The van der Waals surface area contributed by atoms with Crippen LogP contribution in [0.5, 0.6) is 11.5 Å². The Morgan fingerprint density at radius 3 is 2.76 bits per heavy atom. The first-order valence-electron chi connectivity index (χ1n) is 10.6. The van der Waals surface area contributed by atoms with Gasteiger partial charge in [-0.1, -0.05) is 17.7 Å². The monoisotopic (exact) mass is 474 g/mol. The molecular weight excluding hydrogens is 451 g/mol. The molecule has 10 heteroatoms. The number of methoxy groups -OCH3 is 1. The highest BCUT2D eigenvalue weighted by Gasteiger charge is 2.26. The minimum Gasteiger partial charge on any atom is -0.493 e. The van der Waals surface area contributed by atoms with Gasteiger partial charge >= 0.3 is 6.09 Å². The maximum atomic E-state index is 14.4. The smallest absolute Gasteiger partial charge is 0.409 e. The van der Waals surface area contributed by atoms with Gasteiger partial charge in [-0.25, -0.2) is 19.2 Å². The highest BCUT2D eigenvalue weighted by atomic mass is 35.5. The summed E-state index contributed by atoms with van der Waals surface area (Å²) in [4.78, 5) is 22.2. The Balaban J connectivity index is 1.58. The number of carbonyl (C=O) groups excluding carboxylic acids is 1. The van der Waals surface area contributed by atoms with Crippen molar-refractivity contribution in [3.05, 3.63) is 47.5 Å². The zero-order valence-corrected chi connectivity index (χ0v) is 19.1. The summed E-state index contributed by atoms with van der Waals surface area (Å²) in [6.07, 6.45) is 2.29. The van der Waals surface area contributed by atoms with E-state index in [1.54, 1.807) is 43.2 Å². The van der Waals surface area contributed by atoms with Crippen molar-refractivity contribution < 1.29 is 23.4 Å². The molecule has 4 rings (SSSR count). The summed E-state index contributed by atoms with van der Waals surface area (Å²) in [5, 5.41) is 3.64. The quantitative estimate of drug-likeness (QED) is 0.527. The predicted octanol–water partition coefficient (Wildman–Crippen LogP) is 5.17. The maximum absolute atomic E-state index is 14.4. The van der Waals surface area contributed by atoms with Gasteiger partial charge in [0.25, 0.3) is 0 Å². The van der Waals surface area contributed by atoms with Crippen LogP contribution in [0.25, 0.3) is 10.9 Å². The van der Waals surface area contributed by atoms with Crippen molar-refractivity contribution in [3.63, 3.8) is 0 Å². The molecule has 8 nitrogen and oxygen atoms in total. The number of hydrogen-bond donors (Lipinski definition) is 1. The van der Waals surface area contributed by atoms with Crippen LogP contribution < -0.4 is 14.8 Å². The molecule has 0 saturated carbocycles. The average Bonchev–Trinajstić information content (AvgIpc) is 2.82. The number of likely N-dealkylation sites (tertiary alicyclic amines) is 1. The zero-order valence-electron chi connectivity index (χ0n) is 18.3. The molecule has 0 atom stereocenters. The lowest BCUT2D eigenvalue weighted by Gasteiger charge is -2.31. The first-order chi connectivity index (χ1) is 16.0. The largest absolute Gasteiger partial charge is 0.493 e. The fourth-order valence-electron chi connectivity index (χ4n) is 3.69. The van der Waals surface area contributed by atoms with Crippen LogP contribution in [0.3, 0.4) is 0 Å². The molecule has 1 amide bonds. The lowest BCUT2D eigenvalue weighted by Crippen LogP contribution is -2.42. The van der Waals surface area contributed by atoms with Gasteiger partial charge < -0.3 is 24.4 Å². The molecule has 0 aliphatic carbocycles. The van der Waals surface area contributed by atoms with E-state index in [0.29, 0.717) is 60.8 Å². The highest BCUT2D eigenvalue weighted by Crippen LogP contribution is 2.36. The zero-order chi connectivity index (χ0) is 23.4. The molecule has 1 fully saturated rings. The lowest BCUT2D eigenvalue weighted by molar-refractivity contribution is 0.0694. The number of rotatable bonds is 6. The number of amides is 1. The Kier molecular flexibility index (Phi) is 6.98. The van der Waals surface area contributed by atoms with E-state index in [2.05, 4.69) is 15.3 Å². The van der Waals surface area contributed by atoms with E-state index in [-0.39, 0.29) is 22.9 Å². The van der Waals surface area contributed by atoms with Crippen LogP contribution in [0.15, 0.2) is 36.7 Å². The van der Waals surface area contributed by atoms with Gasteiger partial charge in [-0.05, 0) is 25.1 Å². The van der Waals surface area contributed by atoms with Crippen molar-refractivity contribution >= 4 is 40.1 Å². The van der Waals surface area contributed by atoms with Crippen LogP contribution >= 0.6 is 11.6 Å². The Morgan fingerprint density at radius 1 is 1.24 bits per heavy atom. The summed E-state index contributed by atoms with van der Waals surface area (Å²) in [6, 6.07) is 8.23. The minimum atomic E-state index is -0.565. The molecule has 174 valence electrons. The molecular formula is C23H24ClFN4O4. The molecule has 1 saturated heterocycles. The first kappa shape index (κ1) is 22.8. The molecule has 0 spiro atoms. The normalized spacial score (nSPS) is 14.2. The average molecular weight is 475 g/mol. The first-order valence-corrected chi connectivity index (χ1v) is 11.0. The number of aromatic nitrogens is 2. The van der Waals surface area contributed by atoms with E-state index < -0.39 is 5.82 Å². The molecule has 3 aromatic rings. The lowest BCUT2D eigenvalue weighted by atomic mass is 10.1. The van der Waals surface area contributed by atoms with Crippen LogP contribution in [-0.2, 0) is 4.74 Å². The van der Waals surface area contributed by atoms with E-state index in [1.807, 2.05) is 0 Å². The van der Waals surface area contributed by atoms with E-state index in [9.17, 15) is 9.18 Å². The molecule has 1 N–H and O–H groups in total. The second-order valence-electron chi connectivity index (χ2n) is 7.47. The number of halogens is 2. The van der Waals surface area contributed by atoms with Crippen molar-refractivity contribution in [2.75, 3.05) is 32.1 Å². The van der Waals surface area contributed by atoms with Gasteiger partial charge in [0.1, 0.15) is 18.2 Å². The topological polar surface area (TPSA) is 85.8 Å². The third kappa shape index (κ3) is 5.03. The number of nitrogens with zero attached hydrogens (tertiary/aromatic N) is 3. The Labute approximate surface area is 195 Å². The van der Waals surface area contributed by atoms with E-state index in [1.165, 1.54) is 12.4 Å². The molecule has 1 aliphatic heterocycles. The molecule has 1 aromatic heterocycles. The summed E-state index contributed by atoms with van der Waals surface area (Å²) in [6.45, 7) is 3.22. The van der Waals surface area contributed by atoms with Gasteiger partial charge in [0.15, 0.2) is 17.3 Å². The van der Waals surface area contributed by atoms with Gasteiger partial charge in [-0.15, -0.1) is 0 Å². The fraction of sp³-hybridized carbons (Fsp3) is 0.348. The van der Waals surface area contributed by atoms with Gasteiger partial charge in [0, 0.05) is 37.4 Å². The van der Waals surface area contributed by atoms with Crippen LogP contribution in [0.4, 0.5) is 20.7 Å². The van der Waals surface area contributed by atoms with Gasteiger partial charge in [-0.2, -0.15) is 0 Å². The van der Waals surface area contributed by atoms with Crippen LogP contribution in [0.2, 0.25) is 5.02 Å². The minimum absolute atomic E-state index is 0.0122. The Hall–Kier alpha value is -3.33. The van der Waals surface area contributed by atoms with Crippen LogP contribution in [0.1, 0.15) is 19.8 Å². The standard InChI is InChI=1S/C23H24ClFN4O4/c1-3-32-23(30)29-9-7-14(8-10-29)33-20-11-15-18(12-19(20)31-2)26-13-27-22(15)28-17-6-4-5-16(24)21(17)25/h4-6,11-14H,3,7-10H2,1-2H3,(H,26,27,28). The number of anilines is 2. The summed E-state index contributed by atoms with van der Waals surface area (Å²) in [7, 11) is 1.55. The van der Waals surface area contributed by atoms with Crippen molar-refractivity contribution in [3.8, 4) is 11.5 Å². The molecule has 0 radical (unpaired) electrons. The van der Waals surface area contributed by atoms with Crippen molar-refractivity contribution in [2.45, 2.75) is 25.9 Å². The van der Waals surface area contributed by atoms with Crippen molar-refractivity contribution in [1.82, 2.24) is 14.9 Å². The van der Waals surface area contributed by atoms with Gasteiger partial charge in [0.2, 0.25) is 0 Å². The number of hydrogen-bond acceptors (Lipinski definition) is 7. The summed E-state index contributed by atoms with van der Waals surface area (Å²) < 4.78 is 31.2. The molecule has 1 aliphatic rings. The molecule has 33 heavy (non-hydrogen) atoms. The predicted molar refractivity (Wildman–Crippen MR) is 123 cm³/mol. The van der Waals surface area contributed by atoms with E-state index in [0.717, 1.165) is 0 Å². The second-order valence-corrected chi connectivity index (χ2v) is 7.88. The molecule has 0 bridgehead atoms. The molecule has 0 unspecified atom stereocenters. The van der Waals surface area contributed by atoms with E-state index in [4.69, 9.17) is 25.8 Å². The summed E-state index contributed by atoms with van der Waals surface area (Å²) >= 11 is 5.90. The molecule has 2 aromatic carbocycles. The van der Waals surface area contributed by atoms with E-state index >= 15 is 0 Å². The SMILES string of the molecule is CCOC(=O)N1CCC(Oc2cc3c(Nc4cccc(Cl)c4F)ncnc3cc2OC)CC1. The van der Waals surface area contributed by atoms with Crippen LogP contribution in [-0.4, -0.2) is 53.9 Å². The Morgan fingerprint density at radius 2 is 2.03 bits per heavy atom. The number of nitrogens with one attached hydrogen (secondary N) is 1. The second kappa shape index (κ2) is 10.1. The highest BCUT2D eigenvalue weighted by molar-refractivity contribution is 6.31. The Bertz CT molecular complexity index is 1150. The number of ether oxygens (including phenoxy) is 3. The summed E-state index contributed by atoms with van der Waals surface area (Å²) in [5.41, 5.74) is 0.809. The maximum Gasteiger partial charge on any atom is 0.409 e. The van der Waals surface area contributed by atoms with Crippen LogP contribution in [0, 0.1) is 5.82 Å². The van der Waals surface area contributed by atoms with Crippen molar-refractivity contribution in [1.29, 1.82) is 0 Å². The van der Waals surface area contributed by atoms with Crippen molar-refractivity contribution in [2.24, 2.45) is 0 Å². The third-order valence-corrected chi connectivity index (χ3v) is 5.68. The summed E-state index contributed by atoms with van der Waals surface area (Å²) in [5.74, 6) is 0.882. The number of benzene rings is 2.